The molecule has 0 aliphatic heterocycles. The van der Waals surface area contributed by atoms with Crippen LogP contribution < -0.4 is 10.6 Å². The van der Waals surface area contributed by atoms with Crippen LogP contribution in [0.15, 0.2) is 0 Å². The molecule has 36 heavy (non-hydrogen) atoms. The van der Waals surface area contributed by atoms with Crippen LogP contribution in [0.4, 0.5) is 9.59 Å². The number of aliphatic carboxylic acids is 2. The molecular formula is C26H42N2O8. The van der Waals surface area contributed by atoms with Gasteiger partial charge in [-0.3, -0.25) is 9.59 Å². The summed E-state index contributed by atoms with van der Waals surface area (Å²) in [6.45, 7) is 10.8. The highest BCUT2D eigenvalue weighted by molar-refractivity contribution is 5.75. The standard InChI is InChI=1S/2C13H21NO4/c2*1-13(2,3)18-12(17)14-10-8-5-4-7(6-8)9(10)11(15)16/h2*7-10H,4-6H2,1-3H3,(H,14,17)(H,15,16)/t2*7-,8+,9+,10-/m10/s1. The maximum atomic E-state index is 11.7. The van der Waals surface area contributed by atoms with Gasteiger partial charge in [0.25, 0.3) is 0 Å². The summed E-state index contributed by atoms with van der Waals surface area (Å²) in [5.74, 6) is -1.48. The van der Waals surface area contributed by atoms with E-state index < -0.39 is 47.2 Å². The maximum absolute atomic E-state index is 11.7. The van der Waals surface area contributed by atoms with Gasteiger partial charge in [0, 0.05) is 12.1 Å². The summed E-state index contributed by atoms with van der Waals surface area (Å²) in [4.78, 5) is 46.0. The topological polar surface area (TPSA) is 151 Å². The van der Waals surface area contributed by atoms with E-state index in [1.807, 2.05) is 0 Å². The minimum atomic E-state index is -0.803. The number of hydrogen-bond donors (Lipinski definition) is 4. The number of carbonyl (C=O) groups excluding carboxylic acids is 2. The quantitative estimate of drug-likeness (QED) is 0.443. The number of hydrogen-bond acceptors (Lipinski definition) is 6. The van der Waals surface area contributed by atoms with Crippen molar-refractivity contribution in [1.82, 2.24) is 10.6 Å². The van der Waals surface area contributed by atoms with Crippen LogP contribution in [-0.2, 0) is 19.1 Å². The first-order valence-corrected chi connectivity index (χ1v) is 13.0. The first kappa shape index (κ1) is 28.1. The number of alkyl carbamates (subject to hydrolysis) is 2. The molecule has 4 saturated carbocycles. The zero-order valence-electron chi connectivity index (χ0n) is 22.2. The molecule has 8 atom stereocenters. The maximum Gasteiger partial charge on any atom is 0.407 e. The van der Waals surface area contributed by atoms with Crippen molar-refractivity contribution < 1.29 is 38.9 Å². The molecule has 4 aliphatic rings. The van der Waals surface area contributed by atoms with E-state index in [4.69, 9.17) is 9.47 Å². The number of carboxylic acid groups (broad SMARTS) is 2. The highest BCUT2D eigenvalue weighted by Gasteiger charge is 2.53. The van der Waals surface area contributed by atoms with Crippen LogP contribution in [0.2, 0.25) is 0 Å². The van der Waals surface area contributed by atoms with Crippen LogP contribution in [0.3, 0.4) is 0 Å². The monoisotopic (exact) mass is 510 g/mol. The van der Waals surface area contributed by atoms with Crippen molar-refractivity contribution in [1.29, 1.82) is 0 Å². The van der Waals surface area contributed by atoms with E-state index in [9.17, 15) is 29.4 Å². The van der Waals surface area contributed by atoms with Gasteiger partial charge in [-0.25, -0.2) is 9.59 Å². The zero-order chi connectivity index (χ0) is 27.0. The molecule has 10 nitrogen and oxygen atoms in total. The van der Waals surface area contributed by atoms with E-state index in [0.29, 0.717) is 11.8 Å². The SMILES string of the molecule is CC(C)(C)OC(=O)N[C@@H]1[C@H]2CC[C@H](C2)[C@@H]1C(=O)O.CC(C)(C)OC(=O)N[C@H]1[C@@H]2CC[C@@H](C2)[C@H]1C(=O)O. The Morgan fingerprint density at radius 2 is 0.917 bits per heavy atom. The van der Waals surface area contributed by atoms with Gasteiger partial charge in [0.15, 0.2) is 0 Å². The van der Waals surface area contributed by atoms with E-state index in [1.54, 1.807) is 41.5 Å². The number of amides is 2. The van der Waals surface area contributed by atoms with E-state index in [1.165, 1.54) is 0 Å². The van der Waals surface area contributed by atoms with Crippen molar-refractivity contribution in [2.24, 2.45) is 35.5 Å². The average Bonchev–Trinajstić information content (AvgIpc) is 3.45. The summed E-state index contributed by atoms with van der Waals surface area (Å²) in [5.41, 5.74) is -1.11. The molecule has 4 bridgehead atoms. The third-order valence-corrected chi connectivity index (χ3v) is 7.77. The van der Waals surface area contributed by atoms with E-state index in [-0.39, 0.29) is 23.9 Å². The molecule has 4 rings (SSSR count). The lowest BCUT2D eigenvalue weighted by Crippen LogP contribution is -2.48. The molecule has 4 aliphatic carbocycles. The largest absolute Gasteiger partial charge is 0.481 e. The van der Waals surface area contributed by atoms with Gasteiger partial charge in [-0.15, -0.1) is 0 Å². The second kappa shape index (κ2) is 10.5. The van der Waals surface area contributed by atoms with Crippen molar-refractivity contribution >= 4 is 24.1 Å². The number of nitrogens with one attached hydrogen (secondary N) is 2. The van der Waals surface area contributed by atoms with Gasteiger partial charge >= 0.3 is 24.1 Å². The lowest BCUT2D eigenvalue weighted by Gasteiger charge is -2.30. The van der Waals surface area contributed by atoms with Gasteiger partial charge in [-0.2, -0.15) is 0 Å². The highest BCUT2D eigenvalue weighted by atomic mass is 16.6. The van der Waals surface area contributed by atoms with Gasteiger partial charge in [0.2, 0.25) is 0 Å². The third-order valence-electron chi connectivity index (χ3n) is 7.77. The van der Waals surface area contributed by atoms with Crippen molar-refractivity contribution in [3.05, 3.63) is 0 Å². The van der Waals surface area contributed by atoms with Crippen molar-refractivity contribution in [2.45, 2.75) is 103 Å². The summed E-state index contributed by atoms with van der Waals surface area (Å²) >= 11 is 0. The van der Waals surface area contributed by atoms with E-state index >= 15 is 0 Å². The normalized spacial score (nSPS) is 34.4. The van der Waals surface area contributed by atoms with Gasteiger partial charge in [-0.05, 0) is 104 Å². The van der Waals surface area contributed by atoms with Gasteiger partial charge in [0.05, 0.1) is 11.8 Å². The Morgan fingerprint density at radius 1 is 0.611 bits per heavy atom. The van der Waals surface area contributed by atoms with Crippen LogP contribution in [0, 0.1) is 35.5 Å². The van der Waals surface area contributed by atoms with Crippen molar-refractivity contribution in [3.8, 4) is 0 Å². The minimum absolute atomic E-state index is 0.215. The fraction of sp³-hybridized carbons (Fsp3) is 0.846. The first-order chi connectivity index (χ1) is 16.6. The number of carboxylic acids is 2. The molecule has 0 spiro atoms. The smallest absolute Gasteiger partial charge is 0.407 e. The second-order valence-corrected chi connectivity index (χ2v) is 12.7. The Balaban J connectivity index is 0.000000201. The van der Waals surface area contributed by atoms with Crippen LogP contribution in [0.5, 0.6) is 0 Å². The molecule has 0 unspecified atom stereocenters. The Kier molecular flexibility index (Phi) is 8.15. The van der Waals surface area contributed by atoms with Crippen molar-refractivity contribution in [3.63, 3.8) is 0 Å². The molecule has 0 saturated heterocycles. The van der Waals surface area contributed by atoms with Crippen LogP contribution in [-0.4, -0.2) is 57.6 Å². The van der Waals surface area contributed by atoms with E-state index in [2.05, 4.69) is 10.6 Å². The average molecular weight is 511 g/mol. The Labute approximate surface area is 212 Å². The summed E-state index contributed by atoms with van der Waals surface area (Å²) in [6, 6.07) is -0.535. The molecule has 4 fully saturated rings. The van der Waals surface area contributed by atoms with Gasteiger partial charge in [-0.1, -0.05) is 0 Å². The first-order valence-electron chi connectivity index (χ1n) is 13.0. The molecule has 2 amide bonds. The molecular weight excluding hydrogens is 468 g/mol. The van der Waals surface area contributed by atoms with Crippen LogP contribution >= 0.6 is 0 Å². The molecule has 0 radical (unpaired) electrons. The molecule has 4 N–H and O–H groups in total. The molecule has 0 aromatic rings. The third kappa shape index (κ3) is 6.82. The number of ether oxygens (including phenoxy) is 2. The molecule has 204 valence electrons. The summed E-state index contributed by atoms with van der Waals surface area (Å²) < 4.78 is 10.4. The predicted octanol–water partition coefficient (Wildman–Crippen LogP) is 4.02. The summed E-state index contributed by atoms with van der Waals surface area (Å²) in [7, 11) is 0. The van der Waals surface area contributed by atoms with E-state index in [0.717, 1.165) is 38.5 Å². The Bertz CT molecular complexity index is 791. The predicted molar refractivity (Wildman–Crippen MR) is 130 cm³/mol. The van der Waals surface area contributed by atoms with Gasteiger partial charge in [0.1, 0.15) is 11.2 Å². The Morgan fingerprint density at radius 3 is 1.19 bits per heavy atom. The molecule has 0 heterocycles. The van der Waals surface area contributed by atoms with Crippen molar-refractivity contribution in [2.75, 3.05) is 0 Å². The van der Waals surface area contributed by atoms with Gasteiger partial charge < -0.3 is 30.3 Å². The molecule has 0 aromatic carbocycles. The summed E-state index contributed by atoms with van der Waals surface area (Å²) in [5, 5.41) is 24.0. The minimum Gasteiger partial charge on any atom is -0.481 e. The fourth-order valence-electron chi connectivity index (χ4n) is 6.60. The Hall–Kier alpha value is -2.52. The molecule has 0 aromatic heterocycles. The number of carbonyl (C=O) groups is 4. The summed E-state index contributed by atoms with van der Waals surface area (Å²) in [6.07, 6.45) is 4.76. The van der Waals surface area contributed by atoms with Crippen LogP contribution in [0.1, 0.15) is 80.1 Å². The lowest BCUT2D eigenvalue weighted by atomic mass is 9.84. The zero-order valence-corrected chi connectivity index (χ0v) is 22.2. The fourth-order valence-corrected chi connectivity index (χ4v) is 6.60. The number of fused-ring (bicyclic) bond motifs is 4. The number of rotatable bonds is 4. The van der Waals surface area contributed by atoms with Crippen LogP contribution in [0.25, 0.3) is 0 Å². The highest BCUT2D eigenvalue weighted by Crippen LogP contribution is 2.49. The second-order valence-electron chi connectivity index (χ2n) is 12.7. The molecule has 10 heteroatoms. The lowest BCUT2D eigenvalue weighted by molar-refractivity contribution is -0.145.